The summed E-state index contributed by atoms with van der Waals surface area (Å²) in [6, 6.07) is 8.05. The van der Waals surface area contributed by atoms with Crippen LogP contribution in [0.5, 0.6) is 0 Å². The summed E-state index contributed by atoms with van der Waals surface area (Å²) in [6.07, 6.45) is 7.83. The molecule has 5 heteroatoms. The Labute approximate surface area is 160 Å². The van der Waals surface area contributed by atoms with E-state index in [-0.39, 0.29) is 17.5 Å². The van der Waals surface area contributed by atoms with Gasteiger partial charge >= 0.3 is 0 Å². The second-order valence-corrected chi connectivity index (χ2v) is 7.50. The molecule has 27 heavy (non-hydrogen) atoms. The number of nitriles is 1. The number of aryl methyl sites for hydroxylation is 1. The predicted octanol–water partition coefficient (Wildman–Crippen LogP) is 4.35. The van der Waals surface area contributed by atoms with Gasteiger partial charge in [0.15, 0.2) is 0 Å². The molecule has 0 aliphatic heterocycles. The Morgan fingerprint density at radius 2 is 2.19 bits per heavy atom. The van der Waals surface area contributed by atoms with Gasteiger partial charge < -0.3 is 14.3 Å². The summed E-state index contributed by atoms with van der Waals surface area (Å²) in [7, 11) is 0. The summed E-state index contributed by atoms with van der Waals surface area (Å²) >= 11 is 0. The Morgan fingerprint density at radius 1 is 1.41 bits per heavy atom. The normalized spacial score (nSPS) is 20.3. The van der Waals surface area contributed by atoms with E-state index >= 15 is 0 Å². The fourth-order valence-electron chi connectivity index (χ4n) is 3.86. The molecule has 0 saturated heterocycles. The molecule has 3 rings (SSSR count). The Balaban J connectivity index is 1.79. The lowest BCUT2D eigenvalue weighted by Gasteiger charge is -2.29. The second-order valence-electron chi connectivity index (χ2n) is 7.50. The van der Waals surface area contributed by atoms with Gasteiger partial charge in [0.05, 0.1) is 12.8 Å². The lowest BCUT2D eigenvalue weighted by Crippen LogP contribution is -2.41. The summed E-state index contributed by atoms with van der Waals surface area (Å²) in [6.45, 7) is 6.81. The molecule has 0 aromatic carbocycles. The van der Waals surface area contributed by atoms with Gasteiger partial charge in [-0.05, 0) is 62.4 Å². The van der Waals surface area contributed by atoms with Crippen LogP contribution in [-0.4, -0.2) is 16.5 Å². The van der Waals surface area contributed by atoms with Crippen LogP contribution >= 0.6 is 0 Å². The maximum atomic E-state index is 12.6. The average molecular weight is 365 g/mol. The van der Waals surface area contributed by atoms with E-state index in [0.29, 0.717) is 12.5 Å². The molecule has 0 spiro atoms. The van der Waals surface area contributed by atoms with E-state index in [4.69, 9.17) is 4.42 Å². The maximum Gasteiger partial charge on any atom is 0.262 e. The van der Waals surface area contributed by atoms with Crippen molar-refractivity contribution in [2.45, 2.75) is 59.0 Å². The molecule has 0 bridgehead atoms. The van der Waals surface area contributed by atoms with Crippen molar-refractivity contribution in [2.24, 2.45) is 5.92 Å². The molecular weight excluding hydrogens is 338 g/mol. The van der Waals surface area contributed by atoms with Crippen LogP contribution in [0.4, 0.5) is 0 Å². The zero-order valence-electron chi connectivity index (χ0n) is 16.3. The molecule has 1 fully saturated rings. The van der Waals surface area contributed by atoms with Crippen molar-refractivity contribution in [1.29, 1.82) is 5.26 Å². The van der Waals surface area contributed by atoms with Crippen molar-refractivity contribution in [1.82, 2.24) is 9.88 Å². The number of aromatic nitrogens is 1. The smallest absolute Gasteiger partial charge is 0.262 e. The van der Waals surface area contributed by atoms with Crippen LogP contribution in [0.3, 0.4) is 0 Å². The molecule has 5 nitrogen and oxygen atoms in total. The lowest BCUT2D eigenvalue weighted by atomic mass is 9.86. The Hall–Kier alpha value is -2.74. The van der Waals surface area contributed by atoms with E-state index in [1.165, 1.54) is 6.42 Å². The van der Waals surface area contributed by atoms with Gasteiger partial charge in [-0.15, -0.1) is 0 Å². The van der Waals surface area contributed by atoms with Crippen LogP contribution in [0.25, 0.3) is 6.08 Å². The first-order valence-corrected chi connectivity index (χ1v) is 9.61. The van der Waals surface area contributed by atoms with Gasteiger partial charge in [-0.3, -0.25) is 4.79 Å². The highest BCUT2D eigenvalue weighted by molar-refractivity contribution is 6.02. The maximum absolute atomic E-state index is 12.6. The SMILES string of the molecule is Cc1cc(/C=C(\C#N)C(=O)N[C@@H]2CCCC[C@@H]2C)c(C)n1Cc1ccco1. The number of hydrogen-bond donors (Lipinski definition) is 1. The van der Waals surface area contributed by atoms with Gasteiger partial charge in [0.1, 0.15) is 17.4 Å². The highest BCUT2D eigenvalue weighted by Crippen LogP contribution is 2.24. The molecule has 0 unspecified atom stereocenters. The van der Waals surface area contributed by atoms with Gasteiger partial charge in [0, 0.05) is 17.4 Å². The Kier molecular flexibility index (Phi) is 5.85. The van der Waals surface area contributed by atoms with Gasteiger partial charge in [-0.2, -0.15) is 5.26 Å². The van der Waals surface area contributed by atoms with E-state index in [2.05, 4.69) is 22.9 Å². The molecular formula is C22H27N3O2. The van der Waals surface area contributed by atoms with E-state index in [9.17, 15) is 10.1 Å². The zero-order valence-corrected chi connectivity index (χ0v) is 16.3. The van der Waals surface area contributed by atoms with Crippen molar-refractivity contribution in [2.75, 3.05) is 0 Å². The topological polar surface area (TPSA) is 71.0 Å². The summed E-state index contributed by atoms with van der Waals surface area (Å²) in [5, 5.41) is 12.6. The molecule has 1 N–H and O–H groups in total. The molecule has 2 aromatic rings. The number of nitrogens with zero attached hydrogens (tertiary/aromatic N) is 2. The van der Waals surface area contributed by atoms with E-state index in [0.717, 1.165) is 42.0 Å². The zero-order chi connectivity index (χ0) is 19.4. The van der Waals surface area contributed by atoms with Crippen molar-refractivity contribution in [3.05, 3.63) is 52.7 Å². The third-order valence-electron chi connectivity index (χ3n) is 5.60. The van der Waals surface area contributed by atoms with Crippen LogP contribution in [-0.2, 0) is 11.3 Å². The highest BCUT2D eigenvalue weighted by atomic mass is 16.3. The molecule has 2 aromatic heterocycles. The van der Waals surface area contributed by atoms with Gasteiger partial charge in [-0.1, -0.05) is 19.8 Å². The molecule has 2 heterocycles. The number of carbonyl (C=O) groups is 1. The van der Waals surface area contributed by atoms with Gasteiger partial charge in [0.25, 0.3) is 5.91 Å². The summed E-state index contributed by atoms with van der Waals surface area (Å²) in [4.78, 5) is 12.6. The average Bonchev–Trinajstić information content (AvgIpc) is 3.25. The number of furan rings is 1. The monoisotopic (exact) mass is 365 g/mol. The Bertz CT molecular complexity index is 868. The summed E-state index contributed by atoms with van der Waals surface area (Å²) < 4.78 is 7.56. The molecule has 1 aliphatic rings. The highest BCUT2D eigenvalue weighted by Gasteiger charge is 2.24. The minimum atomic E-state index is -0.271. The first-order chi connectivity index (χ1) is 13.0. The summed E-state index contributed by atoms with van der Waals surface area (Å²) in [5.74, 6) is 1.06. The summed E-state index contributed by atoms with van der Waals surface area (Å²) in [5.41, 5.74) is 3.12. The molecule has 1 amide bonds. The van der Waals surface area contributed by atoms with Crippen LogP contribution in [0.15, 0.2) is 34.5 Å². The number of amides is 1. The van der Waals surface area contributed by atoms with Crippen molar-refractivity contribution < 1.29 is 9.21 Å². The fraction of sp³-hybridized carbons (Fsp3) is 0.455. The van der Waals surface area contributed by atoms with E-state index in [1.54, 1.807) is 12.3 Å². The Morgan fingerprint density at radius 3 is 2.85 bits per heavy atom. The van der Waals surface area contributed by atoms with Crippen LogP contribution < -0.4 is 5.32 Å². The van der Waals surface area contributed by atoms with Gasteiger partial charge in [-0.25, -0.2) is 0 Å². The third-order valence-corrected chi connectivity index (χ3v) is 5.60. The predicted molar refractivity (Wildman–Crippen MR) is 105 cm³/mol. The molecule has 0 radical (unpaired) electrons. The van der Waals surface area contributed by atoms with Crippen LogP contribution in [0.2, 0.25) is 0 Å². The largest absolute Gasteiger partial charge is 0.467 e. The molecule has 1 saturated carbocycles. The minimum Gasteiger partial charge on any atom is -0.467 e. The first-order valence-electron chi connectivity index (χ1n) is 9.61. The van der Waals surface area contributed by atoms with Gasteiger partial charge in [0.2, 0.25) is 0 Å². The minimum absolute atomic E-state index is 0.158. The molecule has 1 aliphatic carbocycles. The number of hydrogen-bond acceptors (Lipinski definition) is 3. The van der Waals surface area contributed by atoms with Crippen molar-refractivity contribution >= 4 is 12.0 Å². The quantitative estimate of drug-likeness (QED) is 0.632. The molecule has 2 atom stereocenters. The number of carbonyl (C=O) groups excluding carboxylic acids is 1. The van der Waals surface area contributed by atoms with Crippen molar-refractivity contribution in [3.63, 3.8) is 0 Å². The third kappa shape index (κ3) is 4.33. The first kappa shape index (κ1) is 19.0. The molecule has 142 valence electrons. The van der Waals surface area contributed by atoms with E-state index < -0.39 is 0 Å². The number of nitrogens with one attached hydrogen (secondary N) is 1. The lowest BCUT2D eigenvalue weighted by molar-refractivity contribution is -0.118. The van der Waals surface area contributed by atoms with Crippen molar-refractivity contribution in [3.8, 4) is 6.07 Å². The number of rotatable bonds is 5. The van der Waals surface area contributed by atoms with E-state index in [1.807, 2.05) is 32.0 Å². The second kappa shape index (κ2) is 8.30. The standard InChI is InChI=1S/C22H27N3O2/c1-15-7-4-5-9-21(15)24-22(26)19(13-23)12-18-11-16(2)25(17(18)3)14-20-8-6-10-27-20/h6,8,10-12,15,21H,4-5,7,9,14H2,1-3H3,(H,24,26)/b19-12+/t15-,21+/m0/s1. The fourth-order valence-corrected chi connectivity index (χ4v) is 3.86. The van der Waals surface area contributed by atoms with Crippen LogP contribution in [0, 0.1) is 31.1 Å². The van der Waals surface area contributed by atoms with Crippen LogP contribution in [0.1, 0.15) is 55.3 Å².